The van der Waals surface area contributed by atoms with Gasteiger partial charge in [-0.05, 0) is 47.2 Å². The zero-order valence-corrected chi connectivity index (χ0v) is 11.0. The summed E-state index contributed by atoms with van der Waals surface area (Å²) in [7, 11) is 0. The van der Waals surface area contributed by atoms with Crippen LogP contribution >= 0.6 is 0 Å². The predicted molar refractivity (Wildman–Crippen MR) is 82.3 cm³/mol. The van der Waals surface area contributed by atoms with Crippen LogP contribution in [0.25, 0.3) is 10.8 Å². The van der Waals surface area contributed by atoms with Crippen molar-refractivity contribution >= 4 is 10.8 Å². The third-order valence-electron chi connectivity index (χ3n) is 3.65. The standard InChI is InChI=1S/C19H17/c1-2-15-8-3-4-10-17(15)14-18-12-7-11-16-9-5-6-13-19(16)18/h3-13H,1-2,14H2. The molecule has 1 radical (unpaired) electrons. The fourth-order valence-electron chi connectivity index (χ4n) is 2.63. The first-order valence-electron chi connectivity index (χ1n) is 6.71. The van der Waals surface area contributed by atoms with Crippen molar-refractivity contribution in [2.75, 3.05) is 0 Å². The van der Waals surface area contributed by atoms with Crippen LogP contribution < -0.4 is 0 Å². The summed E-state index contributed by atoms with van der Waals surface area (Å²) in [4.78, 5) is 0. The van der Waals surface area contributed by atoms with Crippen molar-refractivity contribution in [3.05, 3.63) is 90.3 Å². The van der Waals surface area contributed by atoms with Gasteiger partial charge in [0, 0.05) is 0 Å². The van der Waals surface area contributed by atoms with E-state index in [0.717, 1.165) is 12.8 Å². The molecule has 0 spiro atoms. The summed E-state index contributed by atoms with van der Waals surface area (Å²) in [6.45, 7) is 4.02. The zero-order chi connectivity index (χ0) is 13.1. The third kappa shape index (κ3) is 2.39. The van der Waals surface area contributed by atoms with Crippen molar-refractivity contribution < 1.29 is 0 Å². The summed E-state index contributed by atoms with van der Waals surface area (Å²) in [5, 5.41) is 2.66. The Kier molecular flexibility index (Phi) is 3.33. The molecule has 0 heteroatoms. The molecule has 0 heterocycles. The van der Waals surface area contributed by atoms with Gasteiger partial charge in [-0.3, -0.25) is 0 Å². The topological polar surface area (TPSA) is 0 Å². The third-order valence-corrected chi connectivity index (χ3v) is 3.65. The number of rotatable bonds is 3. The highest BCUT2D eigenvalue weighted by Gasteiger charge is 2.04. The van der Waals surface area contributed by atoms with Crippen LogP contribution in [0.2, 0.25) is 0 Å². The molecule has 0 amide bonds. The first kappa shape index (κ1) is 12.0. The van der Waals surface area contributed by atoms with E-state index in [1.807, 2.05) is 0 Å². The molecule has 0 atom stereocenters. The summed E-state index contributed by atoms with van der Waals surface area (Å²) in [5.74, 6) is 0. The molecule has 0 aromatic heterocycles. The highest BCUT2D eigenvalue weighted by atomic mass is 14.1. The maximum atomic E-state index is 4.02. The summed E-state index contributed by atoms with van der Waals surface area (Å²) < 4.78 is 0. The smallest absolute Gasteiger partial charge is 0.00169 e. The van der Waals surface area contributed by atoms with Crippen LogP contribution in [0.3, 0.4) is 0 Å². The van der Waals surface area contributed by atoms with E-state index in [2.05, 4.69) is 73.7 Å². The van der Waals surface area contributed by atoms with E-state index >= 15 is 0 Å². The van der Waals surface area contributed by atoms with E-state index in [-0.39, 0.29) is 0 Å². The number of hydrogen-bond donors (Lipinski definition) is 0. The van der Waals surface area contributed by atoms with Crippen LogP contribution in [0, 0.1) is 6.92 Å². The average Bonchev–Trinajstić information content (AvgIpc) is 2.48. The van der Waals surface area contributed by atoms with Crippen molar-refractivity contribution in [1.29, 1.82) is 0 Å². The Balaban J connectivity index is 2.06. The van der Waals surface area contributed by atoms with Gasteiger partial charge in [0.2, 0.25) is 0 Å². The molecule has 0 N–H and O–H groups in total. The van der Waals surface area contributed by atoms with Gasteiger partial charge in [0.1, 0.15) is 0 Å². The number of benzene rings is 3. The molecule has 0 bridgehead atoms. The summed E-state index contributed by atoms with van der Waals surface area (Å²) >= 11 is 0. The van der Waals surface area contributed by atoms with Crippen LogP contribution in [0.5, 0.6) is 0 Å². The van der Waals surface area contributed by atoms with Gasteiger partial charge in [0.15, 0.2) is 0 Å². The lowest BCUT2D eigenvalue weighted by atomic mass is 9.95. The van der Waals surface area contributed by atoms with Crippen molar-refractivity contribution in [2.45, 2.75) is 12.8 Å². The van der Waals surface area contributed by atoms with Crippen LogP contribution in [-0.2, 0) is 12.8 Å². The maximum absolute atomic E-state index is 4.02. The van der Waals surface area contributed by atoms with Crippen LogP contribution in [0.1, 0.15) is 16.7 Å². The second kappa shape index (κ2) is 5.27. The molecule has 3 aromatic carbocycles. The van der Waals surface area contributed by atoms with Gasteiger partial charge in [-0.1, -0.05) is 66.7 Å². The van der Waals surface area contributed by atoms with Gasteiger partial charge in [-0.25, -0.2) is 0 Å². The molecule has 0 aliphatic heterocycles. The van der Waals surface area contributed by atoms with Gasteiger partial charge < -0.3 is 0 Å². The van der Waals surface area contributed by atoms with Crippen LogP contribution in [0.15, 0.2) is 66.7 Å². The Bertz CT molecular complexity index is 690. The van der Waals surface area contributed by atoms with E-state index in [4.69, 9.17) is 0 Å². The molecule has 0 unspecified atom stereocenters. The fourth-order valence-corrected chi connectivity index (χ4v) is 2.63. The molecule has 19 heavy (non-hydrogen) atoms. The monoisotopic (exact) mass is 245 g/mol. The molecule has 0 saturated carbocycles. The van der Waals surface area contributed by atoms with E-state index in [1.54, 1.807) is 0 Å². The maximum Gasteiger partial charge on any atom is -0.00169 e. The summed E-state index contributed by atoms with van der Waals surface area (Å²) in [5.41, 5.74) is 4.11. The molecule has 0 nitrogen and oxygen atoms in total. The van der Waals surface area contributed by atoms with Crippen molar-refractivity contribution in [3.8, 4) is 0 Å². The average molecular weight is 245 g/mol. The highest BCUT2D eigenvalue weighted by molar-refractivity contribution is 5.85. The van der Waals surface area contributed by atoms with Gasteiger partial charge in [0.05, 0.1) is 0 Å². The van der Waals surface area contributed by atoms with Gasteiger partial charge >= 0.3 is 0 Å². The molecule has 3 aromatic rings. The minimum absolute atomic E-state index is 0.848. The first-order chi connectivity index (χ1) is 9.38. The lowest BCUT2D eigenvalue weighted by Crippen LogP contribution is -1.95. The quantitative estimate of drug-likeness (QED) is 0.621. The number of hydrogen-bond acceptors (Lipinski definition) is 0. The fraction of sp³-hybridized carbons (Fsp3) is 0.105. The van der Waals surface area contributed by atoms with E-state index < -0.39 is 0 Å². The highest BCUT2D eigenvalue weighted by Crippen LogP contribution is 2.22. The Hall–Kier alpha value is -2.08. The molecule has 0 fully saturated rings. The molecule has 93 valence electrons. The lowest BCUT2D eigenvalue weighted by molar-refractivity contribution is 1.12. The molecular formula is C19H17. The second-order valence-corrected chi connectivity index (χ2v) is 4.83. The molecule has 0 aliphatic rings. The predicted octanol–water partition coefficient (Wildman–Crippen LogP) is 4.81. The Morgan fingerprint density at radius 2 is 1.26 bits per heavy atom. The minimum atomic E-state index is 0.848. The largest absolute Gasteiger partial charge is 0.0620 e. The normalized spacial score (nSPS) is 10.8. The first-order valence-corrected chi connectivity index (χ1v) is 6.71. The van der Waals surface area contributed by atoms with E-state index in [9.17, 15) is 0 Å². The Morgan fingerprint density at radius 1 is 0.632 bits per heavy atom. The Labute approximate surface area is 114 Å². The summed E-state index contributed by atoms with van der Waals surface area (Å²) in [6, 6.07) is 23.7. The lowest BCUT2D eigenvalue weighted by Gasteiger charge is -2.10. The molecule has 0 saturated heterocycles. The van der Waals surface area contributed by atoms with Crippen LogP contribution in [0.4, 0.5) is 0 Å². The minimum Gasteiger partial charge on any atom is -0.0620 e. The summed E-state index contributed by atoms with van der Waals surface area (Å²) in [6.07, 6.45) is 1.83. The van der Waals surface area contributed by atoms with Gasteiger partial charge in [-0.2, -0.15) is 0 Å². The second-order valence-electron chi connectivity index (χ2n) is 4.83. The van der Waals surface area contributed by atoms with Crippen molar-refractivity contribution in [3.63, 3.8) is 0 Å². The Morgan fingerprint density at radius 3 is 2.11 bits per heavy atom. The van der Waals surface area contributed by atoms with Crippen LogP contribution in [-0.4, -0.2) is 0 Å². The van der Waals surface area contributed by atoms with E-state index in [0.29, 0.717) is 0 Å². The molecule has 3 rings (SSSR count). The van der Waals surface area contributed by atoms with Crippen molar-refractivity contribution in [1.82, 2.24) is 0 Å². The van der Waals surface area contributed by atoms with Gasteiger partial charge in [-0.15, -0.1) is 0 Å². The zero-order valence-electron chi connectivity index (χ0n) is 11.0. The van der Waals surface area contributed by atoms with E-state index in [1.165, 1.54) is 27.5 Å². The molecule has 0 aliphatic carbocycles. The van der Waals surface area contributed by atoms with Crippen molar-refractivity contribution in [2.24, 2.45) is 0 Å². The van der Waals surface area contributed by atoms with Gasteiger partial charge in [0.25, 0.3) is 0 Å². The SMILES string of the molecule is [CH2]Cc1ccccc1Cc1cccc2ccccc12. The number of fused-ring (bicyclic) bond motifs is 1. The molecular weight excluding hydrogens is 228 g/mol.